The molecule has 192 valence electrons. The average Bonchev–Trinajstić information content (AvgIpc) is 3.44. The summed E-state index contributed by atoms with van der Waals surface area (Å²) >= 11 is 16.8. The molecule has 2 aliphatic rings. The van der Waals surface area contributed by atoms with Gasteiger partial charge in [-0.25, -0.2) is 0 Å². The number of nitrogens with zero attached hydrogens (tertiary/aromatic N) is 4. The van der Waals surface area contributed by atoms with E-state index in [2.05, 4.69) is 25.3 Å². The molecule has 2 heterocycles. The van der Waals surface area contributed by atoms with E-state index in [0.29, 0.717) is 11.7 Å². The van der Waals surface area contributed by atoms with E-state index < -0.39 is 0 Å². The Balaban J connectivity index is 0.000000204. The zero-order valence-corrected chi connectivity index (χ0v) is 20.9. The van der Waals surface area contributed by atoms with Gasteiger partial charge in [0.25, 0.3) is 0 Å². The van der Waals surface area contributed by atoms with Crippen molar-refractivity contribution in [2.75, 3.05) is 41.5 Å². The molecule has 0 fully saturated rings. The molecule has 0 radical (unpaired) electrons. The highest BCUT2D eigenvalue weighted by atomic mass is 35.5. The standard InChI is InChI=1S/C10H14ClN5O.C6H11NO.C4H4Cl2N4/c11-8-7(12)9(16-10(13)15-8)14-6-2-1-5(3-6)4-17;7-6-2-1-5(3-6)4-8;5-2-1(7)3(6)10-4(8)9-2/h1-2,5-6,17H,3-4,12H2,(H3,13,14,15,16);1-2,5-6,8H,3-4,7H2;7H2,(H2,8,9,10)/t2*5-,6+;/m11./s1. The summed E-state index contributed by atoms with van der Waals surface area (Å²) in [5, 5.41) is 21.0. The van der Waals surface area contributed by atoms with E-state index in [1.165, 1.54) is 0 Å². The predicted molar refractivity (Wildman–Crippen MR) is 141 cm³/mol. The third-order valence-electron chi connectivity index (χ3n) is 4.96. The van der Waals surface area contributed by atoms with Gasteiger partial charge >= 0.3 is 0 Å². The SMILES string of the molecule is N[C@H]1C=C[C@@H](CO)C1.Nc1nc(Cl)c(N)c(Cl)n1.Nc1nc(Cl)c(N)c(N[C@H]2C=C[C@@H](CO)C2)n1. The summed E-state index contributed by atoms with van der Waals surface area (Å²) in [7, 11) is 0. The molecule has 0 saturated carbocycles. The van der Waals surface area contributed by atoms with Crippen molar-refractivity contribution in [3.05, 3.63) is 39.8 Å². The number of aromatic nitrogens is 4. The van der Waals surface area contributed by atoms with E-state index in [1.807, 2.05) is 24.3 Å². The topological polar surface area (TPSA) is 234 Å². The molecule has 4 atom stereocenters. The summed E-state index contributed by atoms with van der Waals surface area (Å²) < 4.78 is 0. The highest BCUT2D eigenvalue weighted by molar-refractivity contribution is 6.37. The molecule has 0 bridgehead atoms. The normalized spacial score (nSPS) is 22.2. The molecular formula is C20H29Cl3N10O2. The van der Waals surface area contributed by atoms with Crippen molar-refractivity contribution >= 4 is 63.9 Å². The number of aliphatic hydroxyl groups is 2. The largest absolute Gasteiger partial charge is 0.396 e. The monoisotopic (exact) mass is 546 g/mol. The maximum Gasteiger partial charge on any atom is 0.223 e. The molecule has 0 saturated heterocycles. The van der Waals surface area contributed by atoms with Crippen LogP contribution in [-0.2, 0) is 0 Å². The summed E-state index contributed by atoms with van der Waals surface area (Å²) in [5.41, 5.74) is 27.7. The van der Waals surface area contributed by atoms with Gasteiger partial charge in [-0.05, 0) is 12.8 Å². The van der Waals surface area contributed by atoms with E-state index in [-0.39, 0.29) is 69.9 Å². The zero-order valence-electron chi connectivity index (χ0n) is 18.7. The lowest BCUT2D eigenvalue weighted by atomic mass is 10.1. The Kier molecular flexibility index (Phi) is 11.0. The van der Waals surface area contributed by atoms with Crippen LogP contribution in [0.3, 0.4) is 0 Å². The van der Waals surface area contributed by atoms with Crippen molar-refractivity contribution in [2.45, 2.75) is 24.9 Å². The van der Waals surface area contributed by atoms with Crippen LogP contribution in [0.15, 0.2) is 24.3 Å². The van der Waals surface area contributed by atoms with E-state index in [9.17, 15) is 0 Å². The Morgan fingerprint density at radius 1 is 0.743 bits per heavy atom. The smallest absolute Gasteiger partial charge is 0.223 e. The molecule has 15 heteroatoms. The van der Waals surface area contributed by atoms with E-state index >= 15 is 0 Å². The Morgan fingerprint density at radius 2 is 1.23 bits per heavy atom. The molecule has 2 aliphatic carbocycles. The highest BCUT2D eigenvalue weighted by Gasteiger charge is 2.20. The predicted octanol–water partition coefficient (Wildman–Crippen LogP) is 1.47. The van der Waals surface area contributed by atoms with E-state index in [4.69, 9.17) is 73.7 Å². The molecule has 4 rings (SSSR count). The van der Waals surface area contributed by atoms with Crippen molar-refractivity contribution in [2.24, 2.45) is 17.6 Å². The number of anilines is 5. The Morgan fingerprint density at radius 3 is 1.69 bits per heavy atom. The van der Waals surface area contributed by atoms with Crippen LogP contribution < -0.4 is 34.0 Å². The highest BCUT2D eigenvalue weighted by Crippen LogP contribution is 2.28. The van der Waals surface area contributed by atoms with Crippen LogP contribution in [0.5, 0.6) is 0 Å². The fourth-order valence-electron chi connectivity index (χ4n) is 3.13. The third-order valence-corrected chi connectivity index (χ3v) is 5.82. The first-order valence-electron chi connectivity index (χ1n) is 10.5. The minimum absolute atomic E-state index is 0.0178. The summed E-state index contributed by atoms with van der Waals surface area (Å²) in [5.74, 6) is 1.01. The first-order valence-corrected chi connectivity index (χ1v) is 11.6. The van der Waals surface area contributed by atoms with Gasteiger partial charge in [0.2, 0.25) is 11.9 Å². The molecule has 12 nitrogen and oxygen atoms in total. The zero-order chi connectivity index (χ0) is 26.1. The van der Waals surface area contributed by atoms with Crippen molar-refractivity contribution in [3.63, 3.8) is 0 Å². The summed E-state index contributed by atoms with van der Waals surface area (Å²) in [6.07, 6.45) is 9.55. The summed E-state index contributed by atoms with van der Waals surface area (Å²) in [6, 6.07) is 0.256. The van der Waals surface area contributed by atoms with Crippen molar-refractivity contribution in [1.29, 1.82) is 0 Å². The number of nitrogens with two attached hydrogens (primary N) is 5. The van der Waals surface area contributed by atoms with Crippen LogP contribution in [0.25, 0.3) is 0 Å². The fourth-order valence-corrected chi connectivity index (χ4v) is 3.71. The van der Waals surface area contributed by atoms with Crippen LogP contribution in [0.1, 0.15) is 12.8 Å². The second kappa shape index (κ2) is 13.5. The second-order valence-electron chi connectivity index (χ2n) is 7.75. The lowest BCUT2D eigenvalue weighted by Crippen LogP contribution is -2.19. The van der Waals surface area contributed by atoms with Crippen molar-refractivity contribution in [3.8, 4) is 0 Å². The molecule has 0 unspecified atom stereocenters. The number of aliphatic hydroxyl groups excluding tert-OH is 2. The maximum absolute atomic E-state index is 9.02. The lowest BCUT2D eigenvalue weighted by Gasteiger charge is -2.15. The molecule has 0 amide bonds. The molecule has 2 aromatic rings. The van der Waals surface area contributed by atoms with Crippen molar-refractivity contribution in [1.82, 2.24) is 19.9 Å². The van der Waals surface area contributed by atoms with E-state index in [0.717, 1.165) is 12.8 Å². The number of nitrogen functional groups attached to an aromatic ring is 4. The Bertz CT molecular complexity index is 1030. The van der Waals surface area contributed by atoms with Gasteiger partial charge in [-0.3, -0.25) is 0 Å². The second-order valence-corrected chi connectivity index (χ2v) is 8.83. The fraction of sp³-hybridized carbons (Fsp3) is 0.400. The molecule has 0 aromatic carbocycles. The first-order chi connectivity index (χ1) is 16.5. The quantitative estimate of drug-likeness (QED) is 0.201. The summed E-state index contributed by atoms with van der Waals surface area (Å²) in [6.45, 7) is 0.376. The first kappa shape index (κ1) is 28.6. The molecular weight excluding hydrogens is 519 g/mol. The van der Waals surface area contributed by atoms with Gasteiger partial charge in [-0.15, -0.1) is 0 Å². The maximum atomic E-state index is 9.02. The number of rotatable bonds is 4. The minimum Gasteiger partial charge on any atom is -0.396 e. The van der Waals surface area contributed by atoms with Gasteiger partial charge in [-0.1, -0.05) is 59.1 Å². The van der Waals surface area contributed by atoms with Gasteiger partial charge in [0, 0.05) is 37.1 Å². The van der Waals surface area contributed by atoms with Gasteiger partial charge in [0.05, 0.1) is 0 Å². The van der Waals surface area contributed by atoms with Gasteiger partial charge in [0.1, 0.15) is 11.4 Å². The average molecular weight is 548 g/mol. The van der Waals surface area contributed by atoms with Gasteiger partial charge < -0.3 is 44.2 Å². The van der Waals surface area contributed by atoms with Crippen LogP contribution >= 0.6 is 34.8 Å². The minimum atomic E-state index is 0.0178. The third kappa shape index (κ3) is 8.84. The molecule has 2 aromatic heterocycles. The number of hydrogen-bond donors (Lipinski definition) is 8. The molecule has 0 aliphatic heterocycles. The molecule has 13 N–H and O–H groups in total. The Labute approximate surface area is 217 Å². The lowest BCUT2D eigenvalue weighted by molar-refractivity contribution is 0.249. The van der Waals surface area contributed by atoms with Crippen LogP contribution in [0.2, 0.25) is 15.5 Å². The molecule has 0 spiro atoms. The van der Waals surface area contributed by atoms with Crippen LogP contribution in [-0.4, -0.2) is 55.4 Å². The number of hydrogen-bond acceptors (Lipinski definition) is 12. The number of nitrogens with one attached hydrogen (secondary N) is 1. The van der Waals surface area contributed by atoms with Gasteiger partial charge in [0.15, 0.2) is 21.3 Å². The van der Waals surface area contributed by atoms with E-state index in [1.54, 1.807) is 0 Å². The van der Waals surface area contributed by atoms with Crippen LogP contribution in [0.4, 0.5) is 29.1 Å². The van der Waals surface area contributed by atoms with Crippen LogP contribution in [0, 0.1) is 11.8 Å². The number of halogens is 3. The summed E-state index contributed by atoms with van der Waals surface area (Å²) in [4.78, 5) is 14.9. The van der Waals surface area contributed by atoms with Crippen molar-refractivity contribution < 1.29 is 10.2 Å². The molecule has 35 heavy (non-hydrogen) atoms. The van der Waals surface area contributed by atoms with Gasteiger partial charge in [-0.2, -0.15) is 19.9 Å². The Hall–Kier alpha value is -2.61.